The van der Waals surface area contributed by atoms with Crippen molar-refractivity contribution in [2.45, 2.75) is 20.8 Å². The molecule has 0 saturated carbocycles. The smallest absolute Gasteiger partial charge is 0.343 e. The maximum absolute atomic E-state index is 12.8. The quantitative estimate of drug-likeness (QED) is 0.232. The number of nitrogens with zero attached hydrogens (tertiary/aromatic N) is 1. The molecule has 0 aromatic heterocycles. The van der Waals surface area contributed by atoms with Gasteiger partial charge in [-0.2, -0.15) is 0 Å². The Morgan fingerprint density at radius 1 is 0.971 bits per heavy atom. The topological polar surface area (TPSA) is 102 Å². The highest BCUT2D eigenvalue weighted by Gasteiger charge is 2.21. The Labute approximate surface area is 205 Å². The van der Waals surface area contributed by atoms with Crippen LogP contribution < -0.4 is 9.47 Å². The average molecular weight is 524 g/mol. The fourth-order valence-electron chi connectivity index (χ4n) is 2.88. The van der Waals surface area contributed by atoms with Crippen molar-refractivity contribution in [2.75, 3.05) is 0 Å². The predicted molar refractivity (Wildman–Crippen MR) is 131 cm³/mol. The third kappa shape index (κ3) is 6.39. The lowest BCUT2D eigenvalue weighted by atomic mass is 10.1. The van der Waals surface area contributed by atoms with Gasteiger partial charge in [0.05, 0.1) is 22.7 Å². The first-order chi connectivity index (χ1) is 16.1. The van der Waals surface area contributed by atoms with Gasteiger partial charge in [0.25, 0.3) is 0 Å². The summed E-state index contributed by atoms with van der Waals surface area (Å²) in [5.74, 6) is -2.56. The zero-order chi connectivity index (χ0) is 24.8. The summed E-state index contributed by atoms with van der Waals surface area (Å²) in [5.41, 5.74) is 2.08. The second-order valence-corrected chi connectivity index (χ2v) is 8.69. The highest BCUT2D eigenvalue weighted by atomic mass is 79.9. The predicted octanol–water partition coefficient (Wildman–Crippen LogP) is 5.99. The van der Waals surface area contributed by atoms with E-state index in [0.29, 0.717) is 21.3 Å². The molecule has 0 aliphatic heterocycles. The van der Waals surface area contributed by atoms with Crippen LogP contribution in [0.1, 0.15) is 45.7 Å². The van der Waals surface area contributed by atoms with Crippen molar-refractivity contribution in [3.8, 4) is 11.5 Å². The number of aromatic carboxylic acids is 1. The number of aliphatic imine (C=N–C) groups is 1. The number of esters is 2. The van der Waals surface area contributed by atoms with Gasteiger partial charge in [-0.1, -0.05) is 53.5 Å². The van der Waals surface area contributed by atoms with Crippen LogP contribution in [0.4, 0.5) is 5.69 Å². The van der Waals surface area contributed by atoms with Crippen molar-refractivity contribution in [1.82, 2.24) is 0 Å². The summed E-state index contributed by atoms with van der Waals surface area (Å²) in [5, 5.41) is 9.19. The monoisotopic (exact) mass is 523 g/mol. The molecule has 3 rings (SSSR count). The van der Waals surface area contributed by atoms with Crippen molar-refractivity contribution >= 4 is 45.7 Å². The van der Waals surface area contributed by atoms with Crippen LogP contribution >= 0.6 is 15.9 Å². The van der Waals surface area contributed by atoms with Crippen LogP contribution in [0.2, 0.25) is 0 Å². The van der Waals surface area contributed by atoms with Gasteiger partial charge >= 0.3 is 17.9 Å². The normalized spacial score (nSPS) is 11.0. The standard InChI is InChI=1S/C26H22BrNO6/c1-15(2)25(31)34-23-19(14-28-21-9-5-7-17(12-21)24(29)30)11-20(27)13-22(23)33-26(32)18-8-4-6-16(3)10-18/h4-15H,1-3H3,(H,29,30). The molecule has 174 valence electrons. The van der Waals surface area contributed by atoms with E-state index < -0.39 is 23.8 Å². The molecule has 3 aromatic carbocycles. The first-order valence-electron chi connectivity index (χ1n) is 10.4. The number of halogens is 1. The van der Waals surface area contributed by atoms with Crippen molar-refractivity contribution in [1.29, 1.82) is 0 Å². The van der Waals surface area contributed by atoms with E-state index in [4.69, 9.17) is 9.47 Å². The molecule has 0 unspecified atom stereocenters. The van der Waals surface area contributed by atoms with Crippen LogP contribution in [0.25, 0.3) is 0 Å². The number of hydrogen-bond donors (Lipinski definition) is 1. The van der Waals surface area contributed by atoms with E-state index >= 15 is 0 Å². The Balaban J connectivity index is 2.03. The Morgan fingerprint density at radius 2 is 1.68 bits per heavy atom. The zero-order valence-electron chi connectivity index (χ0n) is 18.7. The lowest BCUT2D eigenvalue weighted by Gasteiger charge is -2.15. The molecule has 0 saturated heterocycles. The Kier molecular flexibility index (Phi) is 7.96. The molecular formula is C26H22BrNO6. The summed E-state index contributed by atoms with van der Waals surface area (Å²) in [4.78, 5) is 40.7. The van der Waals surface area contributed by atoms with Gasteiger partial charge in [0.1, 0.15) is 0 Å². The Morgan fingerprint density at radius 3 is 2.35 bits per heavy atom. The average Bonchev–Trinajstić information content (AvgIpc) is 2.79. The number of carboxylic acid groups (broad SMARTS) is 1. The maximum atomic E-state index is 12.8. The molecule has 0 atom stereocenters. The van der Waals surface area contributed by atoms with Crippen LogP contribution in [0.5, 0.6) is 11.5 Å². The Bertz CT molecular complexity index is 1280. The zero-order valence-corrected chi connectivity index (χ0v) is 20.3. The molecule has 0 fully saturated rings. The summed E-state index contributed by atoms with van der Waals surface area (Å²) in [7, 11) is 0. The van der Waals surface area contributed by atoms with Gasteiger partial charge in [0, 0.05) is 16.3 Å². The van der Waals surface area contributed by atoms with E-state index in [2.05, 4.69) is 20.9 Å². The van der Waals surface area contributed by atoms with Gasteiger partial charge in [-0.05, 0) is 49.4 Å². The van der Waals surface area contributed by atoms with Crippen LogP contribution in [0.3, 0.4) is 0 Å². The third-order valence-corrected chi connectivity index (χ3v) is 5.08. The van der Waals surface area contributed by atoms with Gasteiger partial charge in [-0.3, -0.25) is 9.79 Å². The van der Waals surface area contributed by atoms with Gasteiger partial charge in [0.15, 0.2) is 11.5 Å². The lowest BCUT2D eigenvalue weighted by molar-refractivity contribution is -0.137. The number of rotatable bonds is 7. The van der Waals surface area contributed by atoms with Gasteiger partial charge in [-0.25, -0.2) is 9.59 Å². The van der Waals surface area contributed by atoms with Crippen LogP contribution in [0, 0.1) is 12.8 Å². The van der Waals surface area contributed by atoms with Gasteiger partial charge in [0.2, 0.25) is 0 Å². The molecule has 0 bridgehead atoms. The summed E-state index contributed by atoms with van der Waals surface area (Å²) in [6.07, 6.45) is 1.42. The van der Waals surface area contributed by atoms with Crippen molar-refractivity contribution in [2.24, 2.45) is 10.9 Å². The van der Waals surface area contributed by atoms with E-state index in [1.165, 1.54) is 24.4 Å². The number of hydrogen-bond acceptors (Lipinski definition) is 6. The molecule has 8 heteroatoms. The second-order valence-electron chi connectivity index (χ2n) is 7.77. The molecule has 0 aliphatic carbocycles. The SMILES string of the molecule is Cc1cccc(C(=O)Oc2cc(Br)cc(C=Nc3cccc(C(=O)O)c3)c2OC(=O)C(C)C)c1. The summed E-state index contributed by atoms with van der Waals surface area (Å²) in [6.45, 7) is 5.23. The summed E-state index contributed by atoms with van der Waals surface area (Å²) >= 11 is 3.39. The van der Waals surface area contributed by atoms with E-state index in [0.717, 1.165) is 5.56 Å². The fourth-order valence-corrected chi connectivity index (χ4v) is 3.34. The molecule has 3 aromatic rings. The molecule has 0 amide bonds. The number of ether oxygens (including phenoxy) is 2. The van der Waals surface area contributed by atoms with Crippen molar-refractivity contribution in [3.63, 3.8) is 0 Å². The number of carbonyl (C=O) groups excluding carboxylic acids is 2. The first kappa shape index (κ1) is 24.9. The van der Waals surface area contributed by atoms with E-state index in [-0.39, 0.29) is 17.1 Å². The van der Waals surface area contributed by atoms with Crippen LogP contribution in [-0.4, -0.2) is 29.2 Å². The molecule has 34 heavy (non-hydrogen) atoms. The second kappa shape index (κ2) is 10.9. The number of benzene rings is 3. The van der Waals surface area contributed by atoms with Crippen molar-refractivity contribution < 1.29 is 29.0 Å². The Hall–Kier alpha value is -3.78. The van der Waals surface area contributed by atoms with Crippen LogP contribution in [0.15, 0.2) is 70.1 Å². The maximum Gasteiger partial charge on any atom is 0.343 e. The van der Waals surface area contributed by atoms with E-state index in [1.54, 1.807) is 50.2 Å². The summed E-state index contributed by atoms with van der Waals surface area (Å²) < 4.78 is 11.7. The molecule has 0 heterocycles. The van der Waals surface area contributed by atoms with Gasteiger partial charge in [-0.15, -0.1) is 0 Å². The minimum absolute atomic E-state index is 0.0287. The lowest BCUT2D eigenvalue weighted by Crippen LogP contribution is -2.17. The highest BCUT2D eigenvalue weighted by molar-refractivity contribution is 9.10. The van der Waals surface area contributed by atoms with Crippen molar-refractivity contribution in [3.05, 3.63) is 87.4 Å². The highest BCUT2D eigenvalue weighted by Crippen LogP contribution is 2.36. The third-order valence-electron chi connectivity index (χ3n) is 4.62. The fraction of sp³-hybridized carbons (Fsp3) is 0.154. The first-order valence-corrected chi connectivity index (χ1v) is 11.1. The van der Waals surface area contributed by atoms with E-state index in [1.807, 2.05) is 13.0 Å². The number of aryl methyl sites for hydroxylation is 1. The van der Waals surface area contributed by atoms with Gasteiger partial charge < -0.3 is 14.6 Å². The molecule has 1 N–H and O–H groups in total. The largest absolute Gasteiger partial charge is 0.478 e. The van der Waals surface area contributed by atoms with E-state index in [9.17, 15) is 19.5 Å². The van der Waals surface area contributed by atoms with Crippen LogP contribution in [-0.2, 0) is 4.79 Å². The molecule has 0 spiro atoms. The minimum Gasteiger partial charge on any atom is -0.478 e. The molecule has 7 nitrogen and oxygen atoms in total. The summed E-state index contributed by atoms with van der Waals surface area (Å²) in [6, 6.07) is 16.2. The molecule has 0 radical (unpaired) electrons. The number of carbonyl (C=O) groups is 3. The number of carboxylic acids is 1. The molecule has 0 aliphatic rings. The molecular weight excluding hydrogens is 502 g/mol. The minimum atomic E-state index is -1.07.